The lowest BCUT2D eigenvalue weighted by Gasteiger charge is -2.07. The Hall–Kier alpha value is -2.91. The van der Waals surface area contributed by atoms with Crippen LogP contribution >= 0.6 is 23.1 Å². The highest BCUT2D eigenvalue weighted by Crippen LogP contribution is 2.28. The number of hydrogen-bond donors (Lipinski definition) is 1. The average molecular weight is 398 g/mol. The number of thioether (sulfide) groups is 1. The van der Waals surface area contributed by atoms with Gasteiger partial charge in [0.1, 0.15) is 0 Å². The molecule has 1 atom stereocenters. The lowest BCUT2D eigenvalue weighted by Crippen LogP contribution is -2.22. The summed E-state index contributed by atoms with van der Waals surface area (Å²) in [6.45, 7) is 1.77. The largest absolute Gasteiger partial charge is 0.459 e. The maximum absolute atomic E-state index is 12.4. The van der Waals surface area contributed by atoms with Crippen LogP contribution in [0, 0.1) is 0 Å². The molecule has 0 aliphatic carbocycles. The van der Waals surface area contributed by atoms with Gasteiger partial charge in [-0.3, -0.25) is 4.79 Å². The fraction of sp³-hybridized carbons (Fsp3) is 0.111. The summed E-state index contributed by atoms with van der Waals surface area (Å²) < 4.78 is 10.7. The number of benzene rings is 1. The lowest BCUT2D eigenvalue weighted by atomic mass is 10.2. The Morgan fingerprint density at radius 1 is 1.19 bits per heavy atom. The maximum Gasteiger partial charge on any atom is 0.284 e. The smallest absolute Gasteiger partial charge is 0.284 e. The molecule has 4 rings (SSSR count). The number of nitrogens with zero attached hydrogens (tertiary/aromatic N) is 3. The molecular weight excluding hydrogens is 384 g/mol. The minimum Gasteiger partial charge on any atom is -0.459 e. The molecule has 0 unspecified atom stereocenters. The van der Waals surface area contributed by atoms with Gasteiger partial charge >= 0.3 is 0 Å². The van der Waals surface area contributed by atoms with Gasteiger partial charge in [-0.25, -0.2) is 4.98 Å². The third-order valence-electron chi connectivity index (χ3n) is 3.59. The van der Waals surface area contributed by atoms with Gasteiger partial charge in [0.15, 0.2) is 10.9 Å². The Morgan fingerprint density at radius 2 is 2.04 bits per heavy atom. The highest BCUT2D eigenvalue weighted by Gasteiger charge is 2.20. The third-order valence-corrected chi connectivity index (χ3v) is 5.28. The first kappa shape index (κ1) is 17.5. The fourth-order valence-corrected chi connectivity index (χ4v) is 3.65. The van der Waals surface area contributed by atoms with Crippen molar-refractivity contribution >= 4 is 34.1 Å². The van der Waals surface area contributed by atoms with E-state index >= 15 is 0 Å². The summed E-state index contributed by atoms with van der Waals surface area (Å²) >= 11 is 2.56. The number of carbonyl (C=O) groups is 1. The molecular formula is C18H14N4O3S2. The van der Waals surface area contributed by atoms with Crippen LogP contribution in [0.1, 0.15) is 6.92 Å². The van der Waals surface area contributed by atoms with Crippen LogP contribution in [0.5, 0.6) is 0 Å². The van der Waals surface area contributed by atoms with Crippen molar-refractivity contribution < 1.29 is 13.6 Å². The van der Waals surface area contributed by atoms with Gasteiger partial charge in [-0.1, -0.05) is 42.1 Å². The van der Waals surface area contributed by atoms with E-state index in [1.54, 1.807) is 19.1 Å². The van der Waals surface area contributed by atoms with Gasteiger partial charge in [0, 0.05) is 10.9 Å². The molecule has 136 valence electrons. The number of carbonyl (C=O) groups excluding carboxylic acids is 1. The SMILES string of the molecule is C[C@@H](Sc1nnc(-c2ccco2)o1)C(=O)Nc1nc(-c2ccccc2)cs1. The Balaban J connectivity index is 1.38. The van der Waals surface area contributed by atoms with Gasteiger partial charge in [-0.05, 0) is 19.1 Å². The second-order valence-corrected chi connectivity index (χ2v) is 7.65. The summed E-state index contributed by atoms with van der Waals surface area (Å²) in [4.78, 5) is 16.9. The summed E-state index contributed by atoms with van der Waals surface area (Å²) in [6, 6.07) is 13.3. The first-order chi connectivity index (χ1) is 13.2. The second-order valence-electron chi connectivity index (χ2n) is 5.50. The van der Waals surface area contributed by atoms with Gasteiger partial charge in [-0.2, -0.15) is 0 Å². The summed E-state index contributed by atoms with van der Waals surface area (Å²) in [6.07, 6.45) is 1.53. The van der Waals surface area contributed by atoms with Crippen LogP contribution in [0.4, 0.5) is 5.13 Å². The topological polar surface area (TPSA) is 94.0 Å². The summed E-state index contributed by atoms with van der Waals surface area (Å²) in [5.74, 6) is 0.580. The van der Waals surface area contributed by atoms with Crippen molar-refractivity contribution in [1.82, 2.24) is 15.2 Å². The van der Waals surface area contributed by atoms with Gasteiger partial charge in [0.05, 0.1) is 17.2 Å². The minimum absolute atomic E-state index is 0.188. The van der Waals surface area contributed by atoms with E-state index in [2.05, 4.69) is 20.5 Å². The molecule has 27 heavy (non-hydrogen) atoms. The van der Waals surface area contributed by atoms with E-state index in [0.29, 0.717) is 16.1 Å². The number of anilines is 1. The zero-order chi connectivity index (χ0) is 18.6. The molecule has 3 heterocycles. The number of hydrogen-bond acceptors (Lipinski definition) is 8. The van der Waals surface area contributed by atoms with Crippen molar-refractivity contribution in [3.8, 4) is 22.9 Å². The molecule has 0 bridgehead atoms. The first-order valence-corrected chi connectivity index (χ1v) is 9.81. The summed E-state index contributed by atoms with van der Waals surface area (Å²) in [5, 5.41) is 13.0. The zero-order valence-corrected chi connectivity index (χ0v) is 15.8. The van der Waals surface area contributed by atoms with Gasteiger partial charge in [0.2, 0.25) is 5.91 Å². The molecule has 0 aliphatic rings. The first-order valence-electron chi connectivity index (χ1n) is 8.05. The predicted octanol–water partition coefficient (Wildman–Crippen LogP) is 4.57. The molecule has 3 aromatic heterocycles. The molecule has 9 heteroatoms. The van der Waals surface area contributed by atoms with E-state index in [0.717, 1.165) is 11.3 Å². The quantitative estimate of drug-likeness (QED) is 0.475. The van der Waals surface area contributed by atoms with E-state index in [4.69, 9.17) is 8.83 Å². The molecule has 1 aromatic carbocycles. The molecule has 0 fully saturated rings. The van der Waals surface area contributed by atoms with Crippen LogP contribution in [0.2, 0.25) is 0 Å². The Bertz CT molecular complexity index is 1030. The van der Waals surface area contributed by atoms with Crippen molar-refractivity contribution in [1.29, 1.82) is 0 Å². The van der Waals surface area contributed by atoms with E-state index in [-0.39, 0.29) is 11.8 Å². The number of thiazole rings is 1. The predicted molar refractivity (Wildman–Crippen MR) is 103 cm³/mol. The molecule has 1 N–H and O–H groups in total. The Labute approximate surface area is 162 Å². The van der Waals surface area contributed by atoms with E-state index in [9.17, 15) is 4.79 Å². The maximum atomic E-state index is 12.4. The van der Waals surface area contributed by atoms with Crippen LogP contribution in [0.3, 0.4) is 0 Å². The number of amides is 1. The molecule has 0 saturated heterocycles. The van der Waals surface area contributed by atoms with Crippen molar-refractivity contribution in [3.63, 3.8) is 0 Å². The van der Waals surface area contributed by atoms with Crippen LogP contribution in [-0.4, -0.2) is 26.3 Å². The molecule has 1 amide bonds. The number of nitrogens with one attached hydrogen (secondary N) is 1. The normalized spacial score (nSPS) is 12.0. The molecule has 0 aliphatic heterocycles. The van der Waals surface area contributed by atoms with Crippen LogP contribution in [-0.2, 0) is 4.79 Å². The van der Waals surface area contributed by atoms with Crippen LogP contribution in [0.25, 0.3) is 22.9 Å². The van der Waals surface area contributed by atoms with E-state index in [1.165, 1.54) is 29.4 Å². The standard InChI is InChI=1S/C18H14N4O3S2/c1-11(27-18-22-21-16(25-18)14-8-5-9-24-14)15(23)20-17-19-13(10-26-17)12-6-3-2-4-7-12/h2-11H,1H3,(H,19,20,23)/t11-/m1/s1. The third kappa shape index (κ3) is 4.09. The highest BCUT2D eigenvalue weighted by atomic mass is 32.2. The van der Waals surface area contributed by atoms with Gasteiger partial charge in [-0.15, -0.1) is 21.5 Å². The monoisotopic (exact) mass is 398 g/mol. The Kier molecular flexibility index (Phi) is 5.03. The number of furan rings is 1. The summed E-state index contributed by atoms with van der Waals surface area (Å²) in [7, 11) is 0. The van der Waals surface area contributed by atoms with Crippen molar-refractivity contribution in [3.05, 3.63) is 54.1 Å². The number of rotatable bonds is 6. The molecule has 0 saturated carbocycles. The lowest BCUT2D eigenvalue weighted by molar-refractivity contribution is -0.115. The fourth-order valence-electron chi connectivity index (χ4n) is 2.24. The zero-order valence-electron chi connectivity index (χ0n) is 14.2. The van der Waals surface area contributed by atoms with Crippen molar-refractivity contribution in [2.45, 2.75) is 17.4 Å². The molecule has 7 nitrogen and oxygen atoms in total. The summed E-state index contributed by atoms with van der Waals surface area (Å²) in [5.41, 5.74) is 1.84. The van der Waals surface area contributed by atoms with Crippen LogP contribution in [0.15, 0.2) is 68.2 Å². The molecule has 0 spiro atoms. The molecule has 4 aromatic rings. The van der Waals surface area contributed by atoms with Gasteiger partial charge < -0.3 is 14.2 Å². The van der Waals surface area contributed by atoms with Crippen molar-refractivity contribution in [2.24, 2.45) is 0 Å². The number of aromatic nitrogens is 3. The van der Waals surface area contributed by atoms with E-state index in [1.807, 2.05) is 35.7 Å². The Morgan fingerprint density at radius 3 is 2.81 bits per heavy atom. The highest BCUT2D eigenvalue weighted by molar-refractivity contribution is 8.00. The van der Waals surface area contributed by atoms with Gasteiger partial charge in [0.25, 0.3) is 11.1 Å². The van der Waals surface area contributed by atoms with E-state index < -0.39 is 5.25 Å². The minimum atomic E-state index is -0.432. The molecule has 0 radical (unpaired) electrons. The van der Waals surface area contributed by atoms with Crippen LogP contribution < -0.4 is 5.32 Å². The van der Waals surface area contributed by atoms with Crippen molar-refractivity contribution in [2.75, 3.05) is 5.32 Å². The second kappa shape index (κ2) is 7.77. The average Bonchev–Trinajstić information content (AvgIpc) is 3.44.